The van der Waals surface area contributed by atoms with Gasteiger partial charge >= 0.3 is 6.09 Å². The lowest BCUT2D eigenvalue weighted by atomic mass is 10.2. The first-order chi connectivity index (χ1) is 10.2. The summed E-state index contributed by atoms with van der Waals surface area (Å²) in [5.41, 5.74) is -0.215. The molecule has 0 aromatic heterocycles. The lowest BCUT2D eigenvalue weighted by Gasteiger charge is -2.20. The van der Waals surface area contributed by atoms with Crippen molar-refractivity contribution in [1.29, 1.82) is 5.26 Å². The third kappa shape index (κ3) is 6.01. The molecular formula is C14H17FN4O2S. The molecule has 1 amide bonds. The Hall–Kier alpha value is -2.27. The predicted octanol–water partition coefficient (Wildman–Crippen LogP) is 3.59. The van der Waals surface area contributed by atoms with Gasteiger partial charge in [-0.3, -0.25) is 10.6 Å². The van der Waals surface area contributed by atoms with Crippen molar-refractivity contribution in [3.63, 3.8) is 0 Å². The number of halogens is 1. The van der Waals surface area contributed by atoms with Gasteiger partial charge in [-0.15, -0.1) is 0 Å². The third-order valence-electron chi connectivity index (χ3n) is 2.17. The molecule has 0 bridgehead atoms. The Balaban J connectivity index is 3.06. The maximum Gasteiger partial charge on any atom is 0.412 e. The summed E-state index contributed by atoms with van der Waals surface area (Å²) < 4.78 is 18.5. The number of nitrogens with zero attached hydrogens (tertiary/aromatic N) is 2. The molecule has 0 radical (unpaired) electrons. The van der Waals surface area contributed by atoms with Crippen molar-refractivity contribution in [2.75, 3.05) is 11.6 Å². The highest BCUT2D eigenvalue weighted by molar-refractivity contribution is 8.13. The van der Waals surface area contributed by atoms with Crippen molar-refractivity contribution in [3.05, 3.63) is 24.0 Å². The minimum absolute atomic E-state index is 0.153. The standard InChI is InChI=1S/C14H17FN4O2S/c1-14(2,3)21-13(20)19-11-7-9(15)5-6-10(11)18-12(22-4)17-8-16/h5-7H,1-4H3,(H,17,18)(H,19,20). The molecule has 0 atom stereocenters. The Morgan fingerprint density at radius 2 is 2.14 bits per heavy atom. The Labute approximate surface area is 132 Å². The molecule has 0 aliphatic heterocycles. The summed E-state index contributed by atoms with van der Waals surface area (Å²) in [4.78, 5) is 16.0. The van der Waals surface area contributed by atoms with Gasteiger partial charge in [0.2, 0.25) is 0 Å². The van der Waals surface area contributed by atoms with Crippen molar-refractivity contribution in [2.45, 2.75) is 26.4 Å². The average molecular weight is 324 g/mol. The smallest absolute Gasteiger partial charge is 0.412 e. The van der Waals surface area contributed by atoms with Crippen LogP contribution in [0.25, 0.3) is 0 Å². The van der Waals surface area contributed by atoms with E-state index in [1.165, 1.54) is 23.9 Å². The fraction of sp³-hybridized carbons (Fsp3) is 0.357. The summed E-state index contributed by atoms with van der Waals surface area (Å²) in [5, 5.41) is 13.8. The predicted molar refractivity (Wildman–Crippen MR) is 85.6 cm³/mol. The van der Waals surface area contributed by atoms with Crippen LogP contribution >= 0.6 is 11.8 Å². The van der Waals surface area contributed by atoms with E-state index in [0.29, 0.717) is 10.9 Å². The van der Waals surface area contributed by atoms with Crippen LogP contribution in [0.1, 0.15) is 20.8 Å². The summed E-state index contributed by atoms with van der Waals surface area (Å²) in [7, 11) is 0. The Kier molecular flexibility index (Phi) is 6.19. The molecule has 6 nitrogen and oxygen atoms in total. The van der Waals surface area contributed by atoms with Crippen molar-refractivity contribution in [3.8, 4) is 6.19 Å². The number of hydrogen-bond acceptors (Lipinski definition) is 5. The molecule has 0 saturated carbocycles. The van der Waals surface area contributed by atoms with Crippen molar-refractivity contribution in [1.82, 2.24) is 5.32 Å². The molecule has 0 aliphatic rings. The molecule has 22 heavy (non-hydrogen) atoms. The normalized spacial score (nSPS) is 11.5. The van der Waals surface area contributed by atoms with Crippen LogP contribution in [0.4, 0.5) is 20.6 Å². The van der Waals surface area contributed by atoms with E-state index in [1.807, 2.05) is 0 Å². The highest BCUT2D eigenvalue weighted by Gasteiger charge is 2.17. The zero-order valence-electron chi connectivity index (χ0n) is 12.7. The van der Waals surface area contributed by atoms with E-state index >= 15 is 0 Å². The van der Waals surface area contributed by atoms with Crippen LogP contribution in [0, 0.1) is 17.3 Å². The molecule has 8 heteroatoms. The second kappa shape index (κ2) is 7.66. The summed E-state index contributed by atoms with van der Waals surface area (Å²) in [6.07, 6.45) is 2.77. The number of carbonyl (C=O) groups excluding carboxylic acids is 1. The molecular weight excluding hydrogens is 307 g/mol. The van der Waals surface area contributed by atoms with Crippen LogP contribution in [-0.4, -0.2) is 23.1 Å². The average Bonchev–Trinajstić information content (AvgIpc) is 2.38. The number of ether oxygens (including phenoxy) is 1. The number of rotatable bonds is 2. The van der Waals surface area contributed by atoms with Gasteiger partial charge in [0.25, 0.3) is 0 Å². The number of nitriles is 1. The molecule has 1 aromatic rings. The Morgan fingerprint density at radius 3 is 2.68 bits per heavy atom. The first-order valence-electron chi connectivity index (χ1n) is 6.32. The van der Waals surface area contributed by atoms with E-state index in [4.69, 9.17) is 10.00 Å². The van der Waals surface area contributed by atoms with Gasteiger partial charge in [-0.2, -0.15) is 5.26 Å². The number of hydrogen-bond donors (Lipinski definition) is 2. The van der Waals surface area contributed by atoms with Crippen LogP contribution in [0.5, 0.6) is 0 Å². The molecule has 0 unspecified atom stereocenters. The number of nitrogens with one attached hydrogen (secondary N) is 2. The van der Waals surface area contributed by atoms with Crippen LogP contribution in [0.3, 0.4) is 0 Å². The van der Waals surface area contributed by atoms with E-state index < -0.39 is 17.5 Å². The molecule has 118 valence electrons. The van der Waals surface area contributed by atoms with Gasteiger partial charge in [0.15, 0.2) is 11.4 Å². The van der Waals surface area contributed by atoms with E-state index in [-0.39, 0.29) is 5.69 Å². The maximum absolute atomic E-state index is 13.4. The van der Waals surface area contributed by atoms with E-state index in [9.17, 15) is 9.18 Å². The zero-order valence-corrected chi connectivity index (χ0v) is 13.5. The van der Waals surface area contributed by atoms with Gasteiger partial charge < -0.3 is 4.74 Å². The van der Waals surface area contributed by atoms with Gasteiger partial charge in [0.05, 0.1) is 11.4 Å². The number of benzene rings is 1. The number of thioether (sulfide) groups is 1. The zero-order chi connectivity index (χ0) is 16.8. The number of anilines is 1. The highest BCUT2D eigenvalue weighted by Crippen LogP contribution is 2.27. The minimum Gasteiger partial charge on any atom is -0.444 e. The number of carbonyl (C=O) groups is 1. The van der Waals surface area contributed by atoms with Crippen LogP contribution in [0.15, 0.2) is 23.2 Å². The fourth-order valence-electron chi connectivity index (χ4n) is 1.40. The summed E-state index contributed by atoms with van der Waals surface area (Å²) in [5.74, 6) is -0.524. The van der Waals surface area contributed by atoms with Crippen LogP contribution in [-0.2, 0) is 4.74 Å². The monoisotopic (exact) mass is 324 g/mol. The van der Waals surface area contributed by atoms with E-state index in [2.05, 4.69) is 15.6 Å². The lowest BCUT2D eigenvalue weighted by molar-refractivity contribution is 0.0636. The first kappa shape index (κ1) is 17.8. The second-order valence-corrected chi connectivity index (χ2v) is 5.94. The first-order valence-corrected chi connectivity index (χ1v) is 7.55. The van der Waals surface area contributed by atoms with Crippen molar-refractivity contribution < 1.29 is 13.9 Å². The Bertz CT molecular complexity index is 620. The highest BCUT2D eigenvalue weighted by atomic mass is 32.2. The van der Waals surface area contributed by atoms with E-state index in [1.54, 1.807) is 33.2 Å². The van der Waals surface area contributed by atoms with E-state index in [0.717, 1.165) is 6.07 Å². The Morgan fingerprint density at radius 1 is 1.45 bits per heavy atom. The van der Waals surface area contributed by atoms with Gasteiger partial charge in [-0.25, -0.2) is 14.2 Å². The van der Waals surface area contributed by atoms with Crippen LogP contribution < -0.4 is 10.6 Å². The molecule has 1 aromatic carbocycles. The molecule has 0 aliphatic carbocycles. The SMILES string of the molecule is CSC(=Nc1ccc(F)cc1NC(=O)OC(C)(C)C)NC#N. The van der Waals surface area contributed by atoms with Gasteiger partial charge in [-0.05, 0) is 45.2 Å². The molecule has 0 fully saturated rings. The second-order valence-electron chi connectivity index (χ2n) is 5.15. The number of amidine groups is 1. The van der Waals surface area contributed by atoms with Crippen molar-refractivity contribution >= 4 is 34.4 Å². The topological polar surface area (TPSA) is 86.5 Å². The lowest BCUT2D eigenvalue weighted by Crippen LogP contribution is -2.27. The molecule has 0 spiro atoms. The minimum atomic E-state index is -0.714. The number of aliphatic imine (C=N–C) groups is 1. The third-order valence-corrected chi connectivity index (χ3v) is 2.75. The molecule has 2 N–H and O–H groups in total. The summed E-state index contributed by atoms with van der Waals surface area (Å²) in [6.45, 7) is 5.17. The van der Waals surface area contributed by atoms with Gasteiger partial charge in [0.1, 0.15) is 11.4 Å². The maximum atomic E-state index is 13.4. The van der Waals surface area contributed by atoms with Crippen LogP contribution in [0.2, 0.25) is 0 Å². The summed E-state index contributed by atoms with van der Waals surface area (Å²) >= 11 is 1.21. The van der Waals surface area contributed by atoms with Gasteiger partial charge in [0, 0.05) is 0 Å². The molecule has 1 rings (SSSR count). The number of amides is 1. The fourth-order valence-corrected chi connectivity index (χ4v) is 1.74. The van der Waals surface area contributed by atoms with Gasteiger partial charge in [-0.1, -0.05) is 11.8 Å². The largest absolute Gasteiger partial charge is 0.444 e. The van der Waals surface area contributed by atoms with Crippen molar-refractivity contribution in [2.24, 2.45) is 4.99 Å². The quantitative estimate of drug-likeness (QED) is 0.376. The molecule has 0 heterocycles. The molecule has 0 saturated heterocycles. The summed E-state index contributed by atoms with van der Waals surface area (Å²) in [6, 6.07) is 3.74.